The first-order chi connectivity index (χ1) is 6.51. The Labute approximate surface area is 84.7 Å². The van der Waals surface area contributed by atoms with Crippen LogP contribution >= 0.6 is 0 Å². The Morgan fingerprint density at radius 1 is 1.29 bits per heavy atom. The summed E-state index contributed by atoms with van der Waals surface area (Å²) in [6.07, 6.45) is 3.80. The molecule has 0 aromatic carbocycles. The van der Waals surface area contributed by atoms with Crippen LogP contribution in [-0.2, 0) is 10.1 Å². The summed E-state index contributed by atoms with van der Waals surface area (Å²) in [7, 11) is -3.83. The molecule has 0 unspecified atom stereocenters. The lowest BCUT2D eigenvalue weighted by Gasteiger charge is -2.30. The largest absolute Gasteiger partial charge is 0.375 e. The van der Waals surface area contributed by atoms with E-state index in [-0.39, 0.29) is 5.75 Å². The highest BCUT2D eigenvalue weighted by molar-refractivity contribution is 7.85. The van der Waals surface area contributed by atoms with Crippen LogP contribution in [0.2, 0.25) is 0 Å². The first-order valence-corrected chi connectivity index (χ1v) is 6.24. The standard InChI is InChI=1S/C8H16N2O3S/c1-2-9-3-5-10(6-4-9)7-8-14(11,12)13/h3,5H,2,4,6-8H2,1H3,(H,11,12,13). The molecule has 0 atom stereocenters. The highest BCUT2D eigenvalue weighted by Gasteiger charge is 2.11. The summed E-state index contributed by atoms with van der Waals surface area (Å²) >= 11 is 0. The molecule has 14 heavy (non-hydrogen) atoms. The summed E-state index contributed by atoms with van der Waals surface area (Å²) in [5, 5.41) is 0. The van der Waals surface area contributed by atoms with Crippen LogP contribution in [0.3, 0.4) is 0 Å². The molecule has 0 spiro atoms. The number of hydrogen-bond donors (Lipinski definition) is 1. The van der Waals surface area contributed by atoms with E-state index in [9.17, 15) is 8.42 Å². The molecular formula is C8H16N2O3S. The van der Waals surface area contributed by atoms with Crippen LogP contribution in [0.5, 0.6) is 0 Å². The molecule has 1 heterocycles. The van der Waals surface area contributed by atoms with E-state index in [0.29, 0.717) is 6.54 Å². The van der Waals surface area contributed by atoms with Gasteiger partial charge in [0.15, 0.2) is 0 Å². The molecule has 5 nitrogen and oxygen atoms in total. The van der Waals surface area contributed by atoms with E-state index in [1.165, 1.54) is 0 Å². The quantitative estimate of drug-likeness (QED) is 0.675. The molecule has 0 aromatic heterocycles. The zero-order valence-corrected chi connectivity index (χ0v) is 9.07. The predicted molar refractivity (Wildman–Crippen MR) is 54.4 cm³/mol. The zero-order valence-electron chi connectivity index (χ0n) is 8.26. The van der Waals surface area contributed by atoms with Crippen molar-refractivity contribution >= 4 is 10.1 Å². The SMILES string of the molecule is CCN1C=CN(CCS(=O)(=O)O)CC1. The van der Waals surface area contributed by atoms with E-state index in [2.05, 4.69) is 11.8 Å². The molecule has 1 rings (SSSR count). The fourth-order valence-corrected chi connectivity index (χ4v) is 1.74. The fraction of sp³-hybridized carbons (Fsp3) is 0.750. The number of rotatable bonds is 4. The van der Waals surface area contributed by atoms with Crippen molar-refractivity contribution in [2.45, 2.75) is 6.92 Å². The molecule has 1 N–H and O–H groups in total. The van der Waals surface area contributed by atoms with Crippen LogP contribution in [-0.4, -0.2) is 54.7 Å². The minimum atomic E-state index is -3.83. The number of nitrogens with zero attached hydrogens (tertiary/aromatic N) is 2. The summed E-state index contributed by atoms with van der Waals surface area (Å²) in [6, 6.07) is 0. The normalized spacial score (nSPS) is 17.6. The average molecular weight is 220 g/mol. The van der Waals surface area contributed by atoms with E-state index in [4.69, 9.17) is 4.55 Å². The molecule has 82 valence electrons. The summed E-state index contributed by atoms with van der Waals surface area (Å²) in [4.78, 5) is 4.03. The Bertz CT molecular complexity index is 300. The van der Waals surface area contributed by atoms with Gasteiger partial charge in [0.2, 0.25) is 0 Å². The van der Waals surface area contributed by atoms with Crippen molar-refractivity contribution in [3.63, 3.8) is 0 Å². The maximum Gasteiger partial charge on any atom is 0.266 e. The molecule has 0 saturated heterocycles. The number of likely N-dealkylation sites (N-methyl/N-ethyl adjacent to an activating group) is 1. The van der Waals surface area contributed by atoms with Gasteiger partial charge in [-0.1, -0.05) is 0 Å². The third kappa shape index (κ3) is 3.97. The van der Waals surface area contributed by atoms with Crippen molar-refractivity contribution in [2.24, 2.45) is 0 Å². The third-order valence-corrected chi connectivity index (χ3v) is 2.90. The zero-order chi connectivity index (χ0) is 10.6. The van der Waals surface area contributed by atoms with Crippen molar-refractivity contribution in [1.82, 2.24) is 9.80 Å². The average Bonchev–Trinajstić information content (AvgIpc) is 2.14. The molecule has 0 aliphatic carbocycles. The van der Waals surface area contributed by atoms with E-state index < -0.39 is 10.1 Å². The second kappa shape index (κ2) is 4.65. The topological polar surface area (TPSA) is 60.9 Å². The smallest absolute Gasteiger partial charge is 0.266 e. The Balaban J connectivity index is 2.35. The molecule has 1 aliphatic heterocycles. The van der Waals surface area contributed by atoms with Crippen molar-refractivity contribution in [3.05, 3.63) is 12.4 Å². The van der Waals surface area contributed by atoms with Gasteiger partial charge in [-0.25, -0.2) is 0 Å². The first kappa shape index (κ1) is 11.3. The molecule has 0 fully saturated rings. The predicted octanol–water partition coefficient (Wildman–Crippen LogP) is -0.0171. The highest BCUT2D eigenvalue weighted by atomic mass is 32.2. The molecule has 0 saturated carbocycles. The molecule has 0 amide bonds. The number of hydrogen-bond acceptors (Lipinski definition) is 4. The van der Waals surface area contributed by atoms with E-state index in [0.717, 1.165) is 19.6 Å². The molecule has 0 aromatic rings. The van der Waals surface area contributed by atoms with Crippen molar-refractivity contribution in [1.29, 1.82) is 0 Å². The second-order valence-corrected chi connectivity index (χ2v) is 4.82. The van der Waals surface area contributed by atoms with Crippen LogP contribution in [0.4, 0.5) is 0 Å². The minimum absolute atomic E-state index is 0.205. The Hall–Kier alpha value is -0.750. The maximum absolute atomic E-state index is 10.5. The lowest BCUT2D eigenvalue weighted by molar-refractivity contribution is 0.275. The third-order valence-electron chi connectivity index (χ3n) is 2.21. The molecule has 6 heteroatoms. The van der Waals surface area contributed by atoms with Gasteiger partial charge in [-0.15, -0.1) is 0 Å². The second-order valence-electron chi connectivity index (χ2n) is 3.25. The Morgan fingerprint density at radius 2 is 1.86 bits per heavy atom. The molecule has 0 radical (unpaired) electrons. The molecule has 1 aliphatic rings. The van der Waals surface area contributed by atoms with Gasteiger partial charge in [0.25, 0.3) is 10.1 Å². The van der Waals surface area contributed by atoms with E-state index in [1.54, 1.807) is 0 Å². The molecular weight excluding hydrogens is 204 g/mol. The summed E-state index contributed by atoms with van der Waals surface area (Å²) in [5.74, 6) is -0.205. The van der Waals surface area contributed by atoms with Crippen LogP contribution in [0.25, 0.3) is 0 Å². The van der Waals surface area contributed by atoms with E-state index in [1.807, 2.05) is 17.3 Å². The van der Waals surface area contributed by atoms with Gasteiger partial charge in [-0.2, -0.15) is 8.42 Å². The van der Waals surface area contributed by atoms with Gasteiger partial charge in [-0.3, -0.25) is 4.55 Å². The van der Waals surface area contributed by atoms with Crippen molar-refractivity contribution < 1.29 is 13.0 Å². The van der Waals surface area contributed by atoms with Gasteiger partial charge in [0.05, 0.1) is 5.75 Å². The highest BCUT2D eigenvalue weighted by Crippen LogP contribution is 2.02. The van der Waals surface area contributed by atoms with Crippen LogP contribution in [0, 0.1) is 0 Å². The van der Waals surface area contributed by atoms with Gasteiger partial charge in [0, 0.05) is 38.6 Å². The van der Waals surface area contributed by atoms with Crippen molar-refractivity contribution in [2.75, 3.05) is 31.9 Å². The minimum Gasteiger partial charge on any atom is -0.375 e. The van der Waals surface area contributed by atoms with Crippen LogP contribution in [0.1, 0.15) is 6.92 Å². The van der Waals surface area contributed by atoms with E-state index >= 15 is 0 Å². The lowest BCUT2D eigenvalue weighted by atomic mass is 10.4. The van der Waals surface area contributed by atoms with Gasteiger partial charge in [-0.05, 0) is 6.92 Å². The Kier molecular flexibility index (Phi) is 3.77. The summed E-state index contributed by atoms with van der Waals surface area (Å²) in [5.41, 5.74) is 0. The first-order valence-electron chi connectivity index (χ1n) is 4.63. The summed E-state index contributed by atoms with van der Waals surface area (Å²) < 4.78 is 29.5. The van der Waals surface area contributed by atoms with Gasteiger partial charge in [0.1, 0.15) is 0 Å². The lowest BCUT2D eigenvalue weighted by Crippen LogP contribution is -2.36. The molecule has 0 bridgehead atoms. The maximum atomic E-state index is 10.5. The monoisotopic (exact) mass is 220 g/mol. The van der Waals surface area contributed by atoms with Gasteiger partial charge < -0.3 is 9.80 Å². The summed E-state index contributed by atoms with van der Waals surface area (Å²) in [6.45, 7) is 5.09. The van der Waals surface area contributed by atoms with Crippen LogP contribution in [0.15, 0.2) is 12.4 Å². The van der Waals surface area contributed by atoms with Gasteiger partial charge >= 0.3 is 0 Å². The van der Waals surface area contributed by atoms with Crippen LogP contribution < -0.4 is 0 Å². The fourth-order valence-electron chi connectivity index (χ4n) is 1.28. The Morgan fingerprint density at radius 3 is 2.29 bits per heavy atom. The van der Waals surface area contributed by atoms with Crippen molar-refractivity contribution in [3.8, 4) is 0 Å².